The lowest BCUT2D eigenvalue weighted by Gasteiger charge is -2.44. The van der Waals surface area contributed by atoms with Gasteiger partial charge in [0.05, 0.1) is 13.2 Å². The van der Waals surface area contributed by atoms with Crippen LogP contribution in [-0.2, 0) is 9.53 Å². The number of hydrogen-bond acceptors (Lipinski definition) is 3. The monoisotopic (exact) mass is 227 g/mol. The number of rotatable bonds is 3. The van der Waals surface area contributed by atoms with Gasteiger partial charge in [0.2, 0.25) is 0 Å². The zero-order valence-electron chi connectivity index (χ0n) is 10.9. The highest BCUT2D eigenvalue weighted by Crippen LogP contribution is 2.42. The number of ether oxygens (including phenoxy) is 1. The lowest BCUT2D eigenvalue weighted by Crippen LogP contribution is -2.49. The molecule has 0 aromatic heterocycles. The van der Waals surface area contributed by atoms with E-state index in [-0.39, 0.29) is 5.41 Å². The van der Waals surface area contributed by atoms with E-state index in [1.54, 1.807) is 6.92 Å². The van der Waals surface area contributed by atoms with Crippen LogP contribution in [0.25, 0.3) is 0 Å². The van der Waals surface area contributed by atoms with E-state index < -0.39 is 0 Å². The minimum atomic E-state index is 0.0113. The fourth-order valence-corrected chi connectivity index (χ4v) is 2.41. The van der Waals surface area contributed by atoms with Crippen molar-refractivity contribution in [2.45, 2.75) is 40.0 Å². The molecule has 0 amide bonds. The average molecular weight is 227 g/mol. The molecule has 0 spiro atoms. The van der Waals surface area contributed by atoms with Crippen molar-refractivity contribution in [3.05, 3.63) is 0 Å². The van der Waals surface area contributed by atoms with Crippen LogP contribution in [0.2, 0.25) is 0 Å². The average Bonchev–Trinajstić information content (AvgIpc) is 2.27. The third kappa shape index (κ3) is 3.05. The lowest BCUT2D eigenvalue weighted by molar-refractivity contribution is -0.134. The first-order valence-corrected chi connectivity index (χ1v) is 6.54. The van der Waals surface area contributed by atoms with Gasteiger partial charge >= 0.3 is 0 Å². The summed E-state index contributed by atoms with van der Waals surface area (Å²) in [5.74, 6) is 0.384. The van der Waals surface area contributed by atoms with Crippen molar-refractivity contribution in [1.82, 2.24) is 4.90 Å². The molecule has 0 radical (unpaired) electrons. The molecular formula is C13H25NO2. The molecule has 3 heteroatoms. The Morgan fingerprint density at radius 1 is 1.25 bits per heavy atom. The van der Waals surface area contributed by atoms with Crippen molar-refractivity contribution in [2.24, 2.45) is 5.41 Å². The van der Waals surface area contributed by atoms with Crippen molar-refractivity contribution in [3.63, 3.8) is 0 Å². The predicted molar refractivity (Wildman–Crippen MR) is 65.6 cm³/mol. The predicted octanol–water partition coefficient (Wildman–Crippen LogP) is 2.10. The Hall–Kier alpha value is -0.410. The summed E-state index contributed by atoms with van der Waals surface area (Å²) < 4.78 is 5.30. The molecule has 94 valence electrons. The van der Waals surface area contributed by atoms with Crippen LogP contribution in [0.15, 0.2) is 0 Å². The van der Waals surface area contributed by atoms with Crippen LogP contribution >= 0.6 is 0 Å². The summed E-state index contributed by atoms with van der Waals surface area (Å²) in [5.41, 5.74) is 0.0113. The quantitative estimate of drug-likeness (QED) is 0.739. The largest absolute Gasteiger partial charge is 0.379 e. The number of carbonyl (C=O) groups is 1. The molecule has 1 aliphatic heterocycles. The molecule has 1 saturated carbocycles. The lowest BCUT2D eigenvalue weighted by atomic mass is 9.66. The van der Waals surface area contributed by atoms with E-state index in [1.807, 2.05) is 13.8 Å². The molecule has 3 nitrogen and oxygen atoms in total. The minimum Gasteiger partial charge on any atom is -0.379 e. The van der Waals surface area contributed by atoms with E-state index in [0.717, 1.165) is 45.7 Å². The molecule has 2 fully saturated rings. The van der Waals surface area contributed by atoms with Gasteiger partial charge in [-0.15, -0.1) is 0 Å². The summed E-state index contributed by atoms with van der Waals surface area (Å²) in [6, 6.07) is 0. The maximum atomic E-state index is 11.6. The maximum Gasteiger partial charge on any atom is 0.137 e. The van der Waals surface area contributed by atoms with Gasteiger partial charge in [0.25, 0.3) is 0 Å². The van der Waals surface area contributed by atoms with Crippen LogP contribution in [0, 0.1) is 5.41 Å². The van der Waals surface area contributed by atoms with Gasteiger partial charge in [-0.2, -0.15) is 0 Å². The van der Waals surface area contributed by atoms with E-state index in [1.165, 1.54) is 6.42 Å². The van der Waals surface area contributed by atoms with Crippen molar-refractivity contribution < 1.29 is 9.53 Å². The fraction of sp³-hybridized carbons (Fsp3) is 0.923. The Morgan fingerprint density at radius 2 is 1.81 bits per heavy atom. The van der Waals surface area contributed by atoms with E-state index in [4.69, 9.17) is 4.74 Å². The number of nitrogens with zero attached hydrogens (tertiary/aromatic N) is 1. The van der Waals surface area contributed by atoms with Gasteiger partial charge in [-0.05, 0) is 19.8 Å². The molecule has 0 unspecified atom stereocenters. The van der Waals surface area contributed by atoms with Crippen LogP contribution in [-0.4, -0.2) is 43.5 Å². The third-order valence-corrected chi connectivity index (χ3v) is 3.69. The Balaban J connectivity index is 0.000000606. The van der Waals surface area contributed by atoms with E-state index in [9.17, 15) is 4.79 Å². The van der Waals surface area contributed by atoms with Crippen molar-refractivity contribution in [1.29, 1.82) is 0 Å². The number of ketones is 1. The fourth-order valence-electron chi connectivity index (χ4n) is 2.41. The molecule has 0 atom stereocenters. The molecule has 0 aromatic carbocycles. The van der Waals surface area contributed by atoms with Gasteiger partial charge < -0.3 is 4.74 Å². The van der Waals surface area contributed by atoms with Crippen LogP contribution in [0.4, 0.5) is 0 Å². The normalized spacial score (nSPS) is 23.9. The first-order valence-electron chi connectivity index (χ1n) is 6.54. The number of Topliss-reactive ketones (excluding diaryl/α,β-unsaturated/α-hetero) is 1. The summed E-state index contributed by atoms with van der Waals surface area (Å²) in [7, 11) is 0. The second-order valence-electron chi connectivity index (χ2n) is 4.58. The Bertz CT molecular complexity index is 218. The Labute approximate surface area is 99.1 Å². The van der Waals surface area contributed by atoms with E-state index >= 15 is 0 Å². The highest BCUT2D eigenvalue weighted by Gasteiger charge is 2.42. The standard InChI is InChI=1S/C11H19NO2.C2H6/c1-10(13)11(3-2-4-11)9-12-5-7-14-8-6-12;1-2/h2-9H2,1H3;1-2H3. The molecular weight excluding hydrogens is 202 g/mol. The second-order valence-corrected chi connectivity index (χ2v) is 4.58. The van der Waals surface area contributed by atoms with Crippen LogP contribution in [0.3, 0.4) is 0 Å². The Kier molecular flexibility index (Phi) is 5.42. The summed E-state index contributed by atoms with van der Waals surface area (Å²) in [4.78, 5) is 13.9. The van der Waals surface area contributed by atoms with Gasteiger partial charge in [0, 0.05) is 25.0 Å². The molecule has 2 aliphatic rings. The first-order chi connectivity index (χ1) is 7.73. The summed E-state index contributed by atoms with van der Waals surface area (Å²) >= 11 is 0. The molecule has 1 aliphatic carbocycles. The summed E-state index contributed by atoms with van der Waals surface area (Å²) in [6.07, 6.45) is 3.42. The Morgan fingerprint density at radius 3 is 2.19 bits per heavy atom. The number of hydrogen-bond donors (Lipinski definition) is 0. The van der Waals surface area contributed by atoms with Gasteiger partial charge in [-0.3, -0.25) is 9.69 Å². The molecule has 2 rings (SSSR count). The second kappa shape index (κ2) is 6.36. The van der Waals surface area contributed by atoms with Gasteiger partial charge in [-0.1, -0.05) is 20.3 Å². The molecule has 1 heterocycles. The smallest absolute Gasteiger partial charge is 0.137 e. The third-order valence-electron chi connectivity index (χ3n) is 3.69. The maximum absolute atomic E-state index is 11.6. The van der Waals surface area contributed by atoms with Crippen molar-refractivity contribution in [2.75, 3.05) is 32.8 Å². The molecule has 1 saturated heterocycles. The van der Waals surface area contributed by atoms with E-state index in [2.05, 4.69) is 4.90 Å². The zero-order chi connectivity index (χ0) is 12.0. The number of morpholine rings is 1. The minimum absolute atomic E-state index is 0.0113. The number of carbonyl (C=O) groups excluding carboxylic acids is 1. The molecule has 16 heavy (non-hydrogen) atoms. The topological polar surface area (TPSA) is 29.5 Å². The van der Waals surface area contributed by atoms with Crippen LogP contribution in [0.1, 0.15) is 40.0 Å². The van der Waals surface area contributed by atoms with Gasteiger partial charge in [-0.25, -0.2) is 0 Å². The highest BCUT2D eigenvalue weighted by atomic mass is 16.5. The highest BCUT2D eigenvalue weighted by molar-refractivity contribution is 5.83. The van der Waals surface area contributed by atoms with Gasteiger partial charge in [0.15, 0.2) is 0 Å². The van der Waals surface area contributed by atoms with Gasteiger partial charge in [0.1, 0.15) is 5.78 Å². The molecule has 0 aromatic rings. The molecule has 0 bridgehead atoms. The zero-order valence-corrected chi connectivity index (χ0v) is 10.9. The van der Waals surface area contributed by atoms with E-state index in [0.29, 0.717) is 5.78 Å². The summed E-state index contributed by atoms with van der Waals surface area (Å²) in [5, 5.41) is 0. The van der Waals surface area contributed by atoms with Crippen LogP contribution in [0.5, 0.6) is 0 Å². The summed E-state index contributed by atoms with van der Waals surface area (Å²) in [6.45, 7) is 10.4. The molecule has 0 N–H and O–H groups in total. The van der Waals surface area contributed by atoms with Crippen LogP contribution < -0.4 is 0 Å². The SMILES string of the molecule is CC.CC(=O)C1(CN2CCOCC2)CCC1. The van der Waals surface area contributed by atoms with Crippen molar-refractivity contribution in [3.8, 4) is 0 Å². The first kappa shape index (κ1) is 13.7. The van der Waals surface area contributed by atoms with Crippen molar-refractivity contribution >= 4 is 5.78 Å².